The van der Waals surface area contributed by atoms with Gasteiger partial charge in [-0.25, -0.2) is 0 Å². The van der Waals surface area contributed by atoms with Crippen molar-refractivity contribution in [2.24, 2.45) is 0 Å². The fraction of sp³-hybridized carbons (Fsp3) is 0.259. The van der Waals surface area contributed by atoms with Crippen LogP contribution < -0.4 is 10.1 Å². The van der Waals surface area contributed by atoms with Crippen molar-refractivity contribution in [3.05, 3.63) is 101 Å². The quantitative estimate of drug-likeness (QED) is 0.601. The predicted molar refractivity (Wildman–Crippen MR) is 124 cm³/mol. The molecule has 164 valence electrons. The molecule has 1 atom stereocenters. The smallest absolute Gasteiger partial charge is 0.260 e. The van der Waals surface area contributed by atoms with Crippen molar-refractivity contribution in [2.45, 2.75) is 31.8 Å². The second kappa shape index (κ2) is 10.1. The van der Waals surface area contributed by atoms with Crippen LogP contribution in [0, 0.1) is 0 Å². The Hall–Kier alpha value is -3.60. The molecule has 1 N–H and O–H groups in total. The molecule has 0 aliphatic heterocycles. The molecule has 0 heterocycles. The van der Waals surface area contributed by atoms with Gasteiger partial charge in [-0.15, -0.1) is 0 Å². The molecule has 0 spiro atoms. The number of para-hydroxylation sites is 1. The van der Waals surface area contributed by atoms with Crippen LogP contribution in [0.25, 0.3) is 0 Å². The molecule has 1 aliphatic rings. The van der Waals surface area contributed by atoms with Gasteiger partial charge < -0.3 is 15.0 Å². The largest absolute Gasteiger partial charge is 0.483 e. The van der Waals surface area contributed by atoms with Gasteiger partial charge in [-0.1, -0.05) is 66.7 Å². The molecule has 0 bridgehead atoms. The summed E-state index contributed by atoms with van der Waals surface area (Å²) in [5.74, 6) is 0.0709. The molecule has 0 saturated heterocycles. The normalized spacial score (nSPS) is 14.8. The van der Waals surface area contributed by atoms with Crippen molar-refractivity contribution in [3.63, 3.8) is 0 Å². The third kappa shape index (κ3) is 4.99. The second-order valence-electron chi connectivity index (χ2n) is 8.06. The van der Waals surface area contributed by atoms with E-state index in [1.54, 1.807) is 29.2 Å². The number of aryl methyl sites for hydroxylation is 1. The van der Waals surface area contributed by atoms with Crippen LogP contribution in [0.1, 0.15) is 45.9 Å². The number of nitrogens with zero attached hydrogens (tertiary/aromatic N) is 1. The maximum atomic E-state index is 12.9. The van der Waals surface area contributed by atoms with E-state index in [9.17, 15) is 9.59 Å². The van der Waals surface area contributed by atoms with E-state index in [0.717, 1.165) is 24.8 Å². The average molecular weight is 429 g/mol. The molecule has 0 saturated carbocycles. The number of hydrogen-bond acceptors (Lipinski definition) is 3. The first-order chi connectivity index (χ1) is 15.6. The van der Waals surface area contributed by atoms with Crippen LogP contribution in [0.2, 0.25) is 0 Å². The number of amides is 2. The number of benzene rings is 3. The topological polar surface area (TPSA) is 58.6 Å². The summed E-state index contributed by atoms with van der Waals surface area (Å²) >= 11 is 0. The maximum Gasteiger partial charge on any atom is 0.260 e. The highest BCUT2D eigenvalue weighted by molar-refractivity contribution is 5.97. The summed E-state index contributed by atoms with van der Waals surface area (Å²) in [5.41, 5.74) is 3.96. The van der Waals surface area contributed by atoms with E-state index in [4.69, 9.17) is 4.74 Å². The Balaban J connectivity index is 1.39. The third-order valence-electron chi connectivity index (χ3n) is 5.98. The van der Waals surface area contributed by atoms with E-state index in [-0.39, 0.29) is 24.5 Å². The number of carbonyl (C=O) groups is 2. The molecule has 3 aromatic carbocycles. The minimum Gasteiger partial charge on any atom is -0.483 e. The molecule has 0 radical (unpaired) electrons. The van der Waals surface area contributed by atoms with E-state index in [0.29, 0.717) is 17.9 Å². The van der Waals surface area contributed by atoms with Gasteiger partial charge >= 0.3 is 0 Å². The standard InChI is InChI=1S/C27H28N2O3/c1-29(24-16-9-13-21-12-5-6-14-22(21)24)26(30)19-32-25-17-8-7-15-23(25)27(31)28-18-20-10-3-2-4-11-20/h2-8,10-12,14-15,17,24H,9,13,16,18-19H2,1H3,(H,28,31)/t24-/m1/s1. The molecule has 0 aromatic heterocycles. The van der Waals surface area contributed by atoms with Gasteiger partial charge in [0.05, 0.1) is 11.6 Å². The van der Waals surface area contributed by atoms with Crippen LogP contribution in [0.3, 0.4) is 0 Å². The van der Waals surface area contributed by atoms with Gasteiger partial charge in [-0.3, -0.25) is 9.59 Å². The minimum atomic E-state index is -0.230. The zero-order valence-corrected chi connectivity index (χ0v) is 18.3. The van der Waals surface area contributed by atoms with Gasteiger partial charge in [0, 0.05) is 13.6 Å². The van der Waals surface area contributed by atoms with Gasteiger partial charge in [0.25, 0.3) is 11.8 Å². The molecular weight excluding hydrogens is 400 g/mol. The second-order valence-corrected chi connectivity index (χ2v) is 8.06. The molecule has 1 aliphatic carbocycles. The van der Waals surface area contributed by atoms with E-state index in [1.165, 1.54) is 11.1 Å². The highest BCUT2D eigenvalue weighted by Crippen LogP contribution is 2.33. The van der Waals surface area contributed by atoms with Crippen LogP contribution in [-0.4, -0.2) is 30.4 Å². The van der Waals surface area contributed by atoms with Crippen LogP contribution in [0.4, 0.5) is 0 Å². The zero-order valence-electron chi connectivity index (χ0n) is 18.3. The molecule has 4 rings (SSSR count). The van der Waals surface area contributed by atoms with Crippen molar-refractivity contribution in [1.82, 2.24) is 10.2 Å². The highest BCUT2D eigenvalue weighted by Gasteiger charge is 2.27. The Morgan fingerprint density at radius 2 is 1.69 bits per heavy atom. The summed E-state index contributed by atoms with van der Waals surface area (Å²) in [4.78, 5) is 27.4. The van der Waals surface area contributed by atoms with Crippen molar-refractivity contribution in [3.8, 4) is 5.75 Å². The van der Waals surface area contributed by atoms with Crippen molar-refractivity contribution in [1.29, 1.82) is 0 Å². The number of hydrogen-bond donors (Lipinski definition) is 1. The van der Waals surface area contributed by atoms with Crippen LogP contribution >= 0.6 is 0 Å². The van der Waals surface area contributed by atoms with E-state index >= 15 is 0 Å². The summed E-state index contributed by atoms with van der Waals surface area (Å²) in [6, 6.07) is 25.1. The van der Waals surface area contributed by atoms with Crippen molar-refractivity contribution >= 4 is 11.8 Å². The summed E-state index contributed by atoms with van der Waals surface area (Å²) < 4.78 is 5.82. The molecular formula is C27H28N2O3. The minimum absolute atomic E-state index is 0.0560. The lowest BCUT2D eigenvalue weighted by atomic mass is 9.87. The Kier molecular flexibility index (Phi) is 6.85. The molecule has 3 aromatic rings. The van der Waals surface area contributed by atoms with Crippen LogP contribution in [0.15, 0.2) is 78.9 Å². The molecule has 0 unspecified atom stereocenters. The number of likely N-dealkylation sites (N-methyl/N-ethyl adjacent to an activating group) is 1. The van der Waals surface area contributed by atoms with E-state index in [1.807, 2.05) is 49.5 Å². The molecule has 2 amide bonds. The SMILES string of the molecule is CN(C(=O)COc1ccccc1C(=O)NCc1ccccc1)[C@@H]1CCCc2ccccc21. The molecule has 32 heavy (non-hydrogen) atoms. The van der Waals surface area contributed by atoms with Crippen molar-refractivity contribution < 1.29 is 14.3 Å². The predicted octanol–water partition coefficient (Wildman–Crippen LogP) is 4.53. The Morgan fingerprint density at radius 1 is 0.969 bits per heavy atom. The number of rotatable bonds is 7. The highest BCUT2D eigenvalue weighted by atomic mass is 16.5. The first kappa shape index (κ1) is 21.6. The third-order valence-corrected chi connectivity index (χ3v) is 5.98. The van der Waals surface area contributed by atoms with Crippen LogP contribution in [0.5, 0.6) is 5.75 Å². The van der Waals surface area contributed by atoms with Gasteiger partial charge in [0.2, 0.25) is 0 Å². The average Bonchev–Trinajstić information content (AvgIpc) is 2.85. The summed E-state index contributed by atoms with van der Waals surface area (Å²) in [7, 11) is 1.83. The fourth-order valence-corrected chi connectivity index (χ4v) is 4.20. The Morgan fingerprint density at radius 3 is 2.53 bits per heavy atom. The van der Waals surface area contributed by atoms with Gasteiger partial charge in [-0.05, 0) is 48.1 Å². The summed E-state index contributed by atoms with van der Waals surface area (Å²) in [5, 5.41) is 2.91. The number of nitrogens with one attached hydrogen (secondary N) is 1. The lowest BCUT2D eigenvalue weighted by molar-refractivity contribution is -0.134. The first-order valence-electron chi connectivity index (χ1n) is 11.0. The molecule has 0 fully saturated rings. The molecule has 5 nitrogen and oxygen atoms in total. The number of fused-ring (bicyclic) bond motifs is 1. The zero-order chi connectivity index (χ0) is 22.3. The van der Waals surface area contributed by atoms with Gasteiger partial charge in [0.15, 0.2) is 6.61 Å². The fourth-order valence-electron chi connectivity index (χ4n) is 4.20. The number of carbonyl (C=O) groups excluding carboxylic acids is 2. The number of ether oxygens (including phenoxy) is 1. The lowest BCUT2D eigenvalue weighted by Crippen LogP contribution is -2.36. The van der Waals surface area contributed by atoms with Crippen LogP contribution in [-0.2, 0) is 17.8 Å². The van der Waals surface area contributed by atoms with Crippen molar-refractivity contribution in [2.75, 3.05) is 13.7 Å². The van der Waals surface area contributed by atoms with E-state index < -0.39 is 0 Å². The summed E-state index contributed by atoms with van der Waals surface area (Å²) in [6.45, 7) is 0.314. The Labute approximate surface area is 189 Å². The first-order valence-corrected chi connectivity index (χ1v) is 11.0. The molecule has 5 heteroatoms. The Bertz CT molecular complexity index is 1080. The summed E-state index contributed by atoms with van der Waals surface area (Å²) in [6.07, 6.45) is 3.05. The maximum absolute atomic E-state index is 12.9. The van der Waals surface area contributed by atoms with Gasteiger partial charge in [-0.2, -0.15) is 0 Å². The monoisotopic (exact) mass is 428 g/mol. The van der Waals surface area contributed by atoms with E-state index in [2.05, 4.69) is 17.4 Å². The van der Waals surface area contributed by atoms with Gasteiger partial charge in [0.1, 0.15) is 5.75 Å². The lowest BCUT2D eigenvalue weighted by Gasteiger charge is -2.33.